The highest BCUT2D eigenvalue weighted by molar-refractivity contribution is 9.11. The molecule has 3 rings (SSSR count). The van der Waals surface area contributed by atoms with E-state index in [4.69, 9.17) is 4.42 Å². The molecule has 0 spiro atoms. The van der Waals surface area contributed by atoms with Gasteiger partial charge < -0.3 is 9.73 Å². The van der Waals surface area contributed by atoms with E-state index in [1.807, 2.05) is 6.07 Å². The van der Waals surface area contributed by atoms with Gasteiger partial charge in [-0.25, -0.2) is 0 Å². The number of nitrogens with one attached hydrogen (secondary N) is 1. The van der Waals surface area contributed by atoms with Gasteiger partial charge in [-0.3, -0.25) is 0 Å². The van der Waals surface area contributed by atoms with Crippen LogP contribution in [0.3, 0.4) is 0 Å². The first-order valence-corrected chi connectivity index (χ1v) is 7.34. The van der Waals surface area contributed by atoms with Crippen molar-refractivity contribution in [2.24, 2.45) is 0 Å². The van der Waals surface area contributed by atoms with Gasteiger partial charge in [0.05, 0.1) is 11.0 Å². The summed E-state index contributed by atoms with van der Waals surface area (Å²) in [6.07, 6.45) is 2.60. The van der Waals surface area contributed by atoms with Crippen LogP contribution in [-0.4, -0.2) is 6.04 Å². The van der Waals surface area contributed by atoms with Crippen molar-refractivity contribution in [3.63, 3.8) is 0 Å². The van der Waals surface area contributed by atoms with E-state index in [1.165, 1.54) is 23.8 Å². The predicted octanol–water partition coefficient (Wildman–Crippen LogP) is 4.52. The van der Waals surface area contributed by atoms with E-state index in [2.05, 4.69) is 50.2 Å². The van der Waals surface area contributed by atoms with Gasteiger partial charge in [0, 0.05) is 15.9 Å². The molecule has 1 aliphatic carbocycles. The lowest BCUT2D eigenvalue weighted by Crippen LogP contribution is -2.15. The first kappa shape index (κ1) is 11.8. The number of aryl methyl sites for hydroxylation is 1. The average molecular weight is 359 g/mol. The Balaban J connectivity index is 2.01. The quantitative estimate of drug-likeness (QED) is 0.872. The largest absolute Gasteiger partial charge is 0.458 e. The van der Waals surface area contributed by atoms with Crippen LogP contribution in [0.2, 0.25) is 0 Å². The van der Waals surface area contributed by atoms with Gasteiger partial charge in [0.2, 0.25) is 0 Å². The predicted molar refractivity (Wildman–Crippen MR) is 76.2 cm³/mol. The fraction of sp³-hybridized carbons (Fsp3) is 0.385. The molecule has 1 aliphatic rings. The van der Waals surface area contributed by atoms with E-state index in [9.17, 15) is 0 Å². The summed E-state index contributed by atoms with van der Waals surface area (Å²) in [5, 5.41) is 4.67. The Morgan fingerprint density at radius 1 is 1.35 bits per heavy atom. The van der Waals surface area contributed by atoms with Gasteiger partial charge in [-0.2, -0.15) is 0 Å². The van der Waals surface area contributed by atoms with Crippen molar-refractivity contribution in [1.29, 1.82) is 0 Å². The molecule has 17 heavy (non-hydrogen) atoms. The van der Waals surface area contributed by atoms with Gasteiger partial charge in [-0.05, 0) is 53.4 Å². The van der Waals surface area contributed by atoms with Gasteiger partial charge in [-0.15, -0.1) is 0 Å². The summed E-state index contributed by atoms with van der Waals surface area (Å²) in [6, 6.07) is 4.83. The molecule has 0 unspecified atom stereocenters. The average Bonchev–Trinajstić information content (AvgIpc) is 3.04. The topological polar surface area (TPSA) is 25.2 Å². The molecule has 1 saturated carbocycles. The molecule has 90 valence electrons. The van der Waals surface area contributed by atoms with Crippen molar-refractivity contribution in [3.8, 4) is 0 Å². The molecule has 4 heteroatoms. The SMILES string of the molecule is Cc1c(CNC2CC2)oc2c(Br)cc(Br)cc12. The maximum Gasteiger partial charge on any atom is 0.148 e. The Hall–Kier alpha value is -0.320. The molecule has 0 atom stereocenters. The number of hydrogen-bond donors (Lipinski definition) is 1. The molecule has 0 radical (unpaired) electrons. The monoisotopic (exact) mass is 357 g/mol. The second-order valence-electron chi connectivity index (χ2n) is 4.57. The van der Waals surface area contributed by atoms with Crippen molar-refractivity contribution in [2.75, 3.05) is 0 Å². The summed E-state index contributed by atoms with van der Waals surface area (Å²) in [4.78, 5) is 0. The van der Waals surface area contributed by atoms with Crippen LogP contribution in [0.4, 0.5) is 0 Å². The summed E-state index contributed by atoms with van der Waals surface area (Å²) >= 11 is 7.05. The third kappa shape index (κ3) is 2.30. The van der Waals surface area contributed by atoms with Gasteiger partial charge in [0.1, 0.15) is 11.3 Å². The maximum atomic E-state index is 5.93. The molecule has 1 aromatic heterocycles. The third-order valence-electron chi connectivity index (χ3n) is 3.18. The lowest BCUT2D eigenvalue weighted by atomic mass is 10.1. The van der Waals surface area contributed by atoms with Crippen LogP contribution in [0, 0.1) is 6.92 Å². The molecule has 1 N–H and O–H groups in total. The van der Waals surface area contributed by atoms with Crippen LogP contribution in [0.5, 0.6) is 0 Å². The zero-order valence-electron chi connectivity index (χ0n) is 9.52. The maximum absolute atomic E-state index is 5.93. The van der Waals surface area contributed by atoms with Crippen LogP contribution in [0.25, 0.3) is 11.0 Å². The van der Waals surface area contributed by atoms with Crippen molar-refractivity contribution in [2.45, 2.75) is 32.4 Å². The first-order chi connectivity index (χ1) is 8.15. The number of furan rings is 1. The van der Waals surface area contributed by atoms with Crippen molar-refractivity contribution < 1.29 is 4.42 Å². The van der Waals surface area contributed by atoms with Crippen molar-refractivity contribution in [1.82, 2.24) is 5.32 Å². The van der Waals surface area contributed by atoms with E-state index < -0.39 is 0 Å². The molecule has 0 aliphatic heterocycles. The molecule has 2 aromatic rings. The summed E-state index contributed by atoms with van der Waals surface area (Å²) in [5.74, 6) is 1.05. The number of rotatable bonds is 3. The highest BCUT2D eigenvalue weighted by atomic mass is 79.9. The Labute approximate surface area is 117 Å². The van der Waals surface area contributed by atoms with Crippen LogP contribution in [0.15, 0.2) is 25.5 Å². The first-order valence-electron chi connectivity index (χ1n) is 5.75. The zero-order valence-corrected chi connectivity index (χ0v) is 12.7. The molecule has 0 bridgehead atoms. The van der Waals surface area contributed by atoms with Crippen molar-refractivity contribution >= 4 is 42.8 Å². The van der Waals surface area contributed by atoms with Crippen LogP contribution in [0.1, 0.15) is 24.2 Å². The smallest absolute Gasteiger partial charge is 0.148 e. The number of halogens is 2. The molecular formula is C13H13Br2NO. The molecule has 0 saturated heterocycles. The van der Waals surface area contributed by atoms with Gasteiger partial charge >= 0.3 is 0 Å². The van der Waals surface area contributed by atoms with E-state index in [-0.39, 0.29) is 0 Å². The minimum Gasteiger partial charge on any atom is -0.458 e. The fourth-order valence-corrected chi connectivity index (χ4v) is 3.29. The second kappa shape index (κ2) is 4.41. The van der Waals surface area contributed by atoms with E-state index in [0.29, 0.717) is 6.04 Å². The molecule has 1 aromatic carbocycles. The standard InChI is InChI=1S/C13H13Br2NO/c1-7-10-4-8(14)5-11(15)13(10)17-12(7)6-16-9-2-3-9/h4-5,9,16H,2-3,6H2,1H3. The van der Waals surface area contributed by atoms with Gasteiger partial charge in [0.15, 0.2) is 0 Å². The lowest BCUT2D eigenvalue weighted by molar-refractivity contribution is 0.508. The summed E-state index contributed by atoms with van der Waals surface area (Å²) in [5.41, 5.74) is 2.17. The minimum atomic E-state index is 0.706. The molecule has 2 nitrogen and oxygen atoms in total. The lowest BCUT2D eigenvalue weighted by Gasteiger charge is -1.99. The highest BCUT2D eigenvalue weighted by Gasteiger charge is 2.22. The minimum absolute atomic E-state index is 0.706. The molecule has 1 heterocycles. The Morgan fingerprint density at radius 3 is 2.82 bits per heavy atom. The Bertz CT molecular complexity index is 572. The normalized spacial score (nSPS) is 15.7. The molecule has 1 fully saturated rings. The van der Waals surface area contributed by atoms with Gasteiger partial charge in [0.25, 0.3) is 0 Å². The van der Waals surface area contributed by atoms with Crippen LogP contribution < -0.4 is 5.32 Å². The van der Waals surface area contributed by atoms with E-state index in [0.717, 1.165) is 26.8 Å². The molecule has 0 amide bonds. The second-order valence-corrected chi connectivity index (χ2v) is 6.34. The highest BCUT2D eigenvalue weighted by Crippen LogP contribution is 2.34. The molecular weight excluding hydrogens is 346 g/mol. The third-order valence-corrected chi connectivity index (χ3v) is 4.23. The van der Waals surface area contributed by atoms with E-state index >= 15 is 0 Å². The van der Waals surface area contributed by atoms with Gasteiger partial charge in [-0.1, -0.05) is 15.9 Å². The summed E-state index contributed by atoms with van der Waals surface area (Å²) < 4.78 is 8.01. The zero-order chi connectivity index (χ0) is 12.0. The van der Waals surface area contributed by atoms with Crippen LogP contribution >= 0.6 is 31.9 Å². The number of hydrogen-bond acceptors (Lipinski definition) is 2. The number of fused-ring (bicyclic) bond motifs is 1. The Kier molecular flexibility index (Phi) is 3.05. The summed E-state index contributed by atoms with van der Waals surface area (Å²) in [7, 11) is 0. The van der Waals surface area contributed by atoms with Crippen molar-refractivity contribution in [3.05, 3.63) is 32.4 Å². The fourth-order valence-electron chi connectivity index (χ4n) is 1.99. The summed E-state index contributed by atoms with van der Waals surface area (Å²) in [6.45, 7) is 2.95. The Morgan fingerprint density at radius 2 is 2.12 bits per heavy atom. The van der Waals surface area contributed by atoms with E-state index in [1.54, 1.807) is 0 Å². The number of benzene rings is 1. The van der Waals surface area contributed by atoms with Crippen LogP contribution in [-0.2, 0) is 6.54 Å².